The van der Waals surface area contributed by atoms with E-state index in [-0.39, 0.29) is 17.6 Å². The van der Waals surface area contributed by atoms with Crippen molar-refractivity contribution in [2.45, 2.75) is 26.3 Å². The molecule has 0 radical (unpaired) electrons. The van der Waals surface area contributed by atoms with Crippen molar-refractivity contribution in [1.29, 1.82) is 0 Å². The molecule has 0 saturated carbocycles. The number of hydrogen-bond acceptors (Lipinski definition) is 4. The lowest BCUT2D eigenvalue weighted by Gasteiger charge is -2.22. The predicted molar refractivity (Wildman–Crippen MR) is 131 cm³/mol. The summed E-state index contributed by atoms with van der Waals surface area (Å²) in [5.41, 5.74) is 2.73. The fourth-order valence-electron chi connectivity index (χ4n) is 3.61. The van der Waals surface area contributed by atoms with Gasteiger partial charge in [-0.25, -0.2) is 0 Å². The molecule has 1 unspecified atom stereocenters. The summed E-state index contributed by atoms with van der Waals surface area (Å²) >= 11 is 0. The van der Waals surface area contributed by atoms with Crippen molar-refractivity contribution in [2.75, 3.05) is 7.11 Å². The van der Waals surface area contributed by atoms with Gasteiger partial charge in [0.25, 0.3) is 11.6 Å². The number of carbonyl (C=O) groups is 1. The van der Waals surface area contributed by atoms with Crippen LogP contribution in [-0.2, 0) is 4.79 Å². The minimum atomic E-state index is -0.443. The van der Waals surface area contributed by atoms with E-state index in [1.165, 1.54) is 12.1 Å². The molecule has 170 valence electrons. The van der Waals surface area contributed by atoms with Crippen LogP contribution < -0.4 is 10.1 Å². The Labute approximate surface area is 194 Å². The lowest BCUT2D eigenvalue weighted by molar-refractivity contribution is -0.384. The van der Waals surface area contributed by atoms with Gasteiger partial charge < -0.3 is 10.1 Å². The molecule has 6 heteroatoms. The minimum Gasteiger partial charge on any atom is -0.497 e. The summed E-state index contributed by atoms with van der Waals surface area (Å²) in [5.74, 6) is 0.872. The maximum Gasteiger partial charge on any atom is 0.270 e. The Hall–Kier alpha value is -3.93. The van der Waals surface area contributed by atoms with Crippen molar-refractivity contribution in [1.82, 2.24) is 5.32 Å². The molecule has 0 aliphatic heterocycles. The van der Waals surface area contributed by atoms with Crippen LogP contribution >= 0.6 is 0 Å². The van der Waals surface area contributed by atoms with Crippen LogP contribution in [0.15, 0.2) is 78.9 Å². The molecule has 0 saturated heterocycles. The molecule has 6 nitrogen and oxygen atoms in total. The molecule has 3 aromatic rings. The highest BCUT2D eigenvalue weighted by molar-refractivity contribution is 6.24. The van der Waals surface area contributed by atoms with Gasteiger partial charge in [0.1, 0.15) is 5.75 Å². The van der Waals surface area contributed by atoms with Crippen LogP contribution in [-0.4, -0.2) is 17.9 Å². The summed E-state index contributed by atoms with van der Waals surface area (Å²) in [5, 5.41) is 14.4. The average molecular weight is 445 g/mol. The van der Waals surface area contributed by atoms with Gasteiger partial charge in [-0.1, -0.05) is 68.4 Å². The SMILES string of the molecule is COc1ccc(C(CC(C)C)NC(=O)/C(=C/c2cccc([N+](=O)[O-])c2)c2ccccc2)cc1. The van der Waals surface area contributed by atoms with Crippen LogP contribution in [0.5, 0.6) is 5.75 Å². The molecular weight excluding hydrogens is 416 g/mol. The van der Waals surface area contributed by atoms with Gasteiger partial charge in [-0.3, -0.25) is 14.9 Å². The summed E-state index contributed by atoms with van der Waals surface area (Å²) in [6.07, 6.45) is 2.45. The Morgan fingerprint density at radius 2 is 1.73 bits per heavy atom. The normalized spacial score (nSPS) is 12.3. The van der Waals surface area contributed by atoms with Crippen LogP contribution in [0.3, 0.4) is 0 Å². The van der Waals surface area contributed by atoms with Gasteiger partial charge in [0, 0.05) is 17.7 Å². The molecule has 0 aliphatic rings. The average Bonchev–Trinajstić information content (AvgIpc) is 2.82. The molecular formula is C27H28N2O4. The molecule has 0 heterocycles. The second-order valence-corrected chi connectivity index (χ2v) is 8.20. The second-order valence-electron chi connectivity index (χ2n) is 8.20. The molecule has 0 fully saturated rings. The van der Waals surface area contributed by atoms with Crippen LogP contribution in [0.4, 0.5) is 5.69 Å². The first-order valence-electron chi connectivity index (χ1n) is 10.8. The molecule has 3 aromatic carbocycles. The highest BCUT2D eigenvalue weighted by Crippen LogP contribution is 2.26. The number of rotatable bonds is 9. The summed E-state index contributed by atoms with van der Waals surface area (Å²) in [6.45, 7) is 4.22. The van der Waals surface area contributed by atoms with Gasteiger partial charge >= 0.3 is 0 Å². The molecule has 3 rings (SSSR count). The van der Waals surface area contributed by atoms with E-state index in [0.717, 1.165) is 23.3 Å². The molecule has 0 aromatic heterocycles. The van der Waals surface area contributed by atoms with Crippen LogP contribution in [0, 0.1) is 16.0 Å². The van der Waals surface area contributed by atoms with Gasteiger partial charge in [0.15, 0.2) is 0 Å². The maximum atomic E-state index is 13.5. The highest BCUT2D eigenvalue weighted by atomic mass is 16.6. The van der Waals surface area contributed by atoms with Crippen molar-refractivity contribution in [2.24, 2.45) is 5.92 Å². The van der Waals surface area contributed by atoms with Gasteiger partial charge in [-0.15, -0.1) is 0 Å². The van der Waals surface area contributed by atoms with E-state index < -0.39 is 4.92 Å². The van der Waals surface area contributed by atoms with Crippen molar-refractivity contribution < 1.29 is 14.5 Å². The van der Waals surface area contributed by atoms with Gasteiger partial charge in [0.2, 0.25) is 0 Å². The van der Waals surface area contributed by atoms with Gasteiger partial charge in [-0.2, -0.15) is 0 Å². The third-order valence-electron chi connectivity index (χ3n) is 5.25. The number of amides is 1. The third-order valence-corrected chi connectivity index (χ3v) is 5.25. The van der Waals surface area contributed by atoms with Crippen molar-refractivity contribution >= 4 is 23.2 Å². The number of nitrogens with one attached hydrogen (secondary N) is 1. The summed E-state index contributed by atoms with van der Waals surface area (Å²) in [7, 11) is 1.62. The Bertz CT molecular complexity index is 1120. The first-order valence-corrected chi connectivity index (χ1v) is 10.8. The zero-order chi connectivity index (χ0) is 23.8. The molecule has 1 N–H and O–H groups in total. The summed E-state index contributed by atoms with van der Waals surface area (Å²) < 4.78 is 5.26. The number of ether oxygens (including phenoxy) is 1. The lowest BCUT2D eigenvalue weighted by Crippen LogP contribution is -2.30. The topological polar surface area (TPSA) is 81.5 Å². The van der Waals surface area contributed by atoms with Crippen LogP contribution in [0.25, 0.3) is 11.6 Å². The largest absolute Gasteiger partial charge is 0.497 e. The lowest BCUT2D eigenvalue weighted by atomic mass is 9.95. The number of carbonyl (C=O) groups excluding carboxylic acids is 1. The quantitative estimate of drug-likeness (QED) is 0.189. The Kier molecular flexibility index (Phi) is 7.97. The number of nitro groups is 1. The number of methoxy groups -OCH3 is 1. The van der Waals surface area contributed by atoms with Crippen LogP contribution in [0.2, 0.25) is 0 Å². The first kappa shape index (κ1) is 23.7. The van der Waals surface area contributed by atoms with E-state index in [2.05, 4.69) is 19.2 Å². The number of nitrogens with zero attached hydrogens (tertiary/aromatic N) is 1. The molecule has 1 amide bonds. The highest BCUT2D eigenvalue weighted by Gasteiger charge is 2.20. The number of non-ortho nitro benzene ring substituents is 1. The summed E-state index contributed by atoms with van der Waals surface area (Å²) in [4.78, 5) is 24.3. The van der Waals surface area contributed by atoms with Gasteiger partial charge in [0.05, 0.1) is 18.1 Å². The van der Waals surface area contributed by atoms with Crippen molar-refractivity contribution in [3.8, 4) is 5.75 Å². The van der Waals surface area contributed by atoms with E-state index in [0.29, 0.717) is 17.1 Å². The van der Waals surface area contributed by atoms with E-state index in [1.54, 1.807) is 25.3 Å². The van der Waals surface area contributed by atoms with E-state index in [1.807, 2.05) is 54.6 Å². The maximum absolute atomic E-state index is 13.5. The predicted octanol–water partition coefficient (Wildman–Crippen LogP) is 6.05. The smallest absolute Gasteiger partial charge is 0.270 e. The van der Waals surface area contributed by atoms with E-state index in [4.69, 9.17) is 4.74 Å². The fraction of sp³-hybridized carbons (Fsp3) is 0.222. The van der Waals surface area contributed by atoms with E-state index in [9.17, 15) is 14.9 Å². The Morgan fingerprint density at radius 3 is 2.33 bits per heavy atom. The first-order chi connectivity index (χ1) is 15.9. The number of nitro benzene ring substituents is 1. The molecule has 1 atom stereocenters. The Morgan fingerprint density at radius 1 is 1.03 bits per heavy atom. The molecule has 0 bridgehead atoms. The fourth-order valence-corrected chi connectivity index (χ4v) is 3.61. The minimum absolute atomic E-state index is 0.0208. The third kappa shape index (κ3) is 6.53. The monoisotopic (exact) mass is 444 g/mol. The van der Waals surface area contributed by atoms with Crippen LogP contribution in [0.1, 0.15) is 43.0 Å². The van der Waals surface area contributed by atoms with Crippen molar-refractivity contribution in [3.63, 3.8) is 0 Å². The molecule has 0 aliphatic carbocycles. The van der Waals surface area contributed by atoms with Crippen molar-refractivity contribution in [3.05, 3.63) is 106 Å². The number of benzene rings is 3. The van der Waals surface area contributed by atoms with Gasteiger partial charge in [-0.05, 0) is 47.2 Å². The molecule has 33 heavy (non-hydrogen) atoms. The van der Waals surface area contributed by atoms with E-state index >= 15 is 0 Å². The summed E-state index contributed by atoms with van der Waals surface area (Å²) in [6, 6.07) is 23.1. The zero-order valence-electron chi connectivity index (χ0n) is 19.0. The standard InChI is InChI=1S/C27H28N2O4/c1-19(2)16-26(22-12-14-24(33-3)15-13-22)28-27(30)25(21-9-5-4-6-10-21)18-20-8-7-11-23(17-20)29(31)32/h4-15,17-19,26H,16H2,1-3H3,(H,28,30)/b25-18+. The number of hydrogen-bond donors (Lipinski definition) is 1. The zero-order valence-corrected chi connectivity index (χ0v) is 19.0. The second kappa shape index (κ2) is 11.1. The Balaban J connectivity index is 1.97. The molecule has 0 spiro atoms.